The van der Waals surface area contributed by atoms with Gasteiger partial charge in [-0.2, -0.15) is 0 Å². The molecular weight excluding hydrogens is 118 g/mol. The Labute approximate surface area is 54.2 Å². The molecule has 0 bridgehead atoms. The summed E-state index contributed by atoms with van der Waals surface area (Å²) in [6.45, 7) is 3.76. The second kappa shape index (κ2) is 4.09. The topological polar surface area (TPSA) is 63.3 Å². The van der Waals surface area contributed by atoms with Crippen molar-refractivity contribution in [2.75, 3.05) is 6.54 Å². The maximum absolute atomic E-state index is 10.2. The molecular formula is C6H11NO2. The molecule has 0 spiro atoms. The van der Waals surface area contributed by atoms with Crippen LogP contribution in [0.25, 0.3) is 0 Å². The van der Waals surface area contributed by atoms with Crippen molar-refractivity contribution >= 4 is 5.97 Å². The Morgan fingerprint density at radius 2 is 2.44 bits per heavy atom. The van der Waals surface area contributed by atoms with E-state index in [1.165, 1.54) is 6.08 Å². The van der Waals surface area contributed by atoms with Gasteiger partial charge in [0.25, 0.3) is 0 Å². The summed E-state index contributed by atoms with van der Waals surface area (Å²) in [4.78, 5) is 10.2. The molecule has 3 N–H and O–H groups in total. The third-order valence-corrected chi connectivity index (χ3v) is 1.08. The molecule has 0 aromatic carbocycles. The van der Waals surface area contributed by atoms with E-state index >= 15 is 0 Å². The van der Waals surface area contributed by atoms with Gasteiger partial charge in [-0.1, -0.05) is 6.08 Å². The molecule has 1 unspecified atom stereocenters. The minimum absolute atomic E-state index is 0.392. The standard InChI is InChI=1S/C6H11NO2/c1-2-5(3-4-7)6(8)9/h2,5H,1,3-4,7H2,(H,8,9). The van der Waals surface area contributed by atoms with E-state index in [0.29, 0.717) is 13.0 Å². The van der Waals surface area contributed by atoms with Crippen LogP contribution < -0.4 is 5.73 Å². The van der Waals surface area contributed by atoms with E-state index in [1.807, 2.05) is 0 Å². The number of carboxylic acid groups (broad SMARTS) is 1. The second-order valence-electron chi connectivity index (χ2n) is 1.76. The van der Waals surface area contributed by atoms with Crippen molar-refractivity contribution in [1.82, 2.24) is 0 Å². The minimum Gasteiger partial charge on any atom is -0.481 e. The van der Waals surface area contributed by atoms with Crippen LogP contribution in [0.1, 0.15) is 6.42 Å². The molecule has 0 aromatic rings. The predicted octanol–water partition coefficient (Wildman–Crippen LogP) is 0.222. The van der Waals surface area contributed by atoms with Crippen LogP contribution in [0.15, 0.2) is 12.7 Å². The number of carbonyl (C=O) groups is 1. The van der Waals surface area contributed by atoms with Gasteiger partial charge >= 0.3 is 5.97 Å². The number of nitrogens with two attached hydrogens (primary N) is 1. The quantitative estimate of drug-likeness (QED) is 0.534. The van der Waals surface area contributed by atoms with E-state index in [1.54, 1.807) is 0 Å². The molecule has 1 atom stereocenters. The highest BCUT2D eigenvalue weighted by Gasteiger charge is 2.10. The van der Waals surface area contributed by atoms with Crippen LogP contribution >= 0.6 is 0 Å². The first-order valence-corrected chi connectivity index (χ1v) is 2.77. The summed E-state index contributed by atoms with van der Waals surface area (Å²) in [6.07, 6.45) is 1.87. The van der Waals surface area contributed by atoms with Crippen molar-refractivity contribution in [3.05, 3.63) is 12.7 Å². The number of rotatable bonds is 4. The minimum atomic E-state index is -0.851. The Morgan fingerprint density at radius 1 is 1.89 bits per heavy atom. The largest absolute Gasteiger partial charge is 0.481 e. The SMILES string of the molecule is C=CC(CCN)C(=O)O. The van der Waals surface area contributed by atoms with E-state index in [9.17, 15) is 4.79 Å². The molecule has 3 heteroatoms. The van der Waals surface area contributed by atoms with E-state index in [-0.39, 0.29) is 0 Å². The average Bonchev–Trinajstić information content (AvgIpc) is 1.82. The first-order valence-electron chi connectivity index (χ1n) is 2.77. The maximum Gasteiger partial charge on any atom is 0.310 e. The molecule has 0 radical (unpaired) electrons. The Kier molecular flexibility index (Phi) is 3.71. The Hall–Kier alpha value is -0.830. The van der Waals surface area contributed by atoms with Crippen molar-refractivity contribution in [2.45, 2.75) is 6.42 Å². The summed E-state index contributed by atoms with van der Waals surface area (Å²) >= 11 is 0. The third kappa shape index (κ3) is 2.87. The predicted molar refractivity (Wildman–Crippen MR) is 35.0 cm³/mol. The summed E-state index contributed by atoms with van der Waals surface area (Å²) in [5.74, 6) is -1.33. The zero-order valence-electron chi connectivity index (χ0n) is 5.21. The lowest BCUT2D eigenvalue weighted by atomic mass is 10.1. The second-order valence-corrected chi connectivity index (χ2v) is 1.76. The molecule has 0 rings (SSSR count). The molecule has 0 amide bonds. The first-order chi connectivity index (χ1) is 4.22. The van der Waals surface area contributed by atoms with Gasteiger partial charge in [0.1, 0.15) is 0 Å². The fourth-order valence-electron chi connectivity index (χ4n) is 0.522. The van der Waals surface area contributed by atoms with Gasteiger partial charge in [-0.05, 0) is 13.0 Å². The summed E-state index contributed by atoms with van der Waals surface area (Å²) in [6, 6.07) is 0. The fourth-order valence-corrected chi connectivity index (χ4v) is 0.522. The Balaban J connectivity index is 3.68. The average molecular weight is 129 g/mol. The zero-order valence-corrected chi connectivity index (χ0v) is 5.21. The van der Waals surface area contributed by atoms with Gasteiger partial charge in [-0.3, -0.25) is 4.79 Å². The lowest BCUT2D eigenvalue weighted by molar-refractivity contribution is -0.140. The van der Waals surface area contributed by atoms with E-state index in [4.69, 9.17) is 10.8 Å². The molecule has 0 aromatic heterocycles. The molecule has 52 valence electrons. The van der Waals surface area contributed by atoms with Crippen molar-refractivity contribution in [3.8, 4) is 0 Å². The Bertz CT molecular complexity index is 112. The maximum atomic E-state index is 10.2. The van der Waals surface area contributed by atoms with Crippen molar-refractivity contribution in [2.24, 2.45) is 11.7 Å². The van der Waals surface area contributed by atoms with Crippen molar-refractivity contribution < 1.29 is 9.90 Å². The van der Waals surface area contributed by atoms with E-state index in [2.05, 4.69) is 6.58 Å². The summed E-state index contributed by atoms with van der Waals surface area (Å²) in [5, 5.41) is 8.38. The molecule has 9 heavy (non-hydrogen) atoms. The molecule has 0 saturated carbocycles. The lowest BCUT2D eigenvalue weighted by Gasteiger charge is -2.02. The van der Waals surface area contributed by atoms with Crippen LogP contribution in [0.3, 0.4) is 0 Å². The lowest BCUT2D eigenvalue weighted by Crippen LogP contribution is -2.15. The van der Waals surface area contributed by atoms with Gasteiger partial charge < -0.3 is 10.8 Å². The van der Waals surface area contributed by atoms with Gasteiger partial charge in [0.15, 0.2) is 0 Å². The van der Waals surface area contributed by atoms with Crippen LogP contribution in [-0.4, -0.2) is 17.6 Å². The molecule has 0 aliphatic heterocycles. The van der Waals surface area contributed by atoms with Gasteiger partial charge in [-0.25, -0.2) is 0 Å². The van der Waals surface area contributed by atoms with Crippen LogP contribution in [0, 0.1) is 5.92 Å². The molecule has 3 nitrogen and oxygen atoms in total. The summed E-state index contributed by atoms with van der Waals surface area (Å²) in [7, 11) is 0. The van der Waals surface area contributed by atoms with Crippen LogP contribution in [0.2, 0.25) is 0 Å². The molecule has 0 saturated heterocycles. The number of aliphatic carboxylic acids is 1. The third-order valence-electron chi connectivity index (χ3n) is 1.08. The fraction of sp³-hybridized carbons (Fsp3) is 0.500. The highest BCUT2D eigenvalue weighted by Crippen LogP contribution is 2.01. The number of carboxylic acids is 1. The van der Waals surface area contributed by atoms with Gasteiger partial charge in [0, 0.05) is 0 Å². The van der Waals surface area contributed by atoms with Crippen LogP contribution in [0.5, 0.6) is 0 Å². The smallest absolute Gasteiger partial charge is 0.310 e. The molecule has 0 heterocycles. The zero-order chi connectivity index (χ0) is 7.28. The highest BCUT2D eigenvalue weighted by molar-refractivity contribution is 5.71. The van der Waals surface area contributed by atoms with Crippen LogP contribution in [0.4, 0.5) is 0 Å². The Morgan fingerprint density at radius 3 is 2.56 bits per heavy atom. The monoisotopic (exact) mass is 129 g/mol. The molecule has 0 aliphatic rings. The van der Waals surface area contributed by atoms with E-state index in [0.717, 1.165) is 0 Å². The summed E-state index contributed by atoms with van der Waals surface area (Å²) < 4.78 is 0. The summed E-state index contributed by atoms with van der Waals surface area (Å²) in [5.41, 5.74) is 5.13. The van der Waals surface area contributed by atoms with Gasteiger partial charge in [0.05, 0.1) is 5.92 Å². The molecule has 0 fully saturated rings. The van der Waals surface area contributed by atoms with Crippen molar-refractivity contribution in [1.29, 1.82) is 0 Å². The van der Waals surface area contributed by atoms with Gasteiger partial charge in [-0.15, -0.1) is 6.58 Å². The normalized spacial score (nSPS) is 12.6. The number of hydrogen-bond donors (Lipinski definition) is 2. The van der Waals surface area contributed by atoms with Crippen molar-refractivity contribution in [3.63, 3.8) is 0 Å². The van der Waals surface area contributed by atoms with Gasteiger partial charge in [0.2, 0.25) is 0 Å². The number of hydrogen-bond acceptors (Lipinski definition) is 2. The molecule has 0 aliphatic carbocycles. The highest BCUT2D eigenvalue weighted by atomic mass is 16.4. The first kappa shape index (κ1) is 8.17. The van der Waals surface area contributed by atoms with Crippen LogP contribution in [-0.2, 0) is 4.79 Å². The van der Waals surface area contributed by atoms with E-state index < -0.39 is 11.9 Å².